The van der Waals surface area contributed by atoms with Crippen LogP contribution in [0.4, 0.5) is 11.5 Å². The minimum absolute atomic E-state index is 0.0500. The Balaban J connectivity index is 1.71. The van der Waals surface area contributed by atoms with E-state index in [4.69, 9.17) is 0 Å². The van der Waals surface area contributed by atoms with Crippen LogP contribution in [0, 0.1) is 13.8 Å². The number of nitrogens with one attached hydrogen (secondary N) is 1. The Hall–Kier alpha value is -2.70. The third-order valence-electron chi connectivity index (χ3n) is 4.21. The summed E-state index contributed by atoms with van der Waals surface area (Å²) >= 11 is 1.55. The highest BCUT2D eigenvalue weighted by Gasteiger charge is 2.10. The van der Waals surface area contributed by atoms with E-state index in [9.17, 15) is 5.11 Å². The molecule has 6 heteroatoms. The second kappa shape index (κ2) is 6.31. The van der Waals surface area contributed by atoms with E-state index in [0.29, 0.717) is 0 Å². The number of aliphatic hydroxyl groups is 1. The maximum Gasteiger partial charge on any atom is 0.154 e. The van der Waals surface area contributed by atoms with Crippen molar-refractivity contribution in [2.75, 3.05) is 5.32 Å². The number of hydrogen-bond donors (Lipinski definition) is 2. The van der Waals surface area contributed by atoms with Gasteiger partial charge in [-0.3, -0.25) is 0 Å². The Morgan fingerprint density at radius 1 is 1.08 bits per heavy atom. The third-order valence-corrected chi connectivity index (χ3v) is 5.30. The van der Waals surface area contributed by atoms with Crippen molar-refractivity contribution in [3.05, 3.63) is 64.7 Å². The van der Waals surface area contributed by atoms with Crippen molar-refractivity contribution in [2.45, 2.75) is 20.5 Å². The van der Waals surface area contributed by atoms with Gasteiger partial charge in [0.25, 0.3) is 0 Å². The van der Waals surface area contributed by atoms with E-state index >= 15 is 0 Å². The fourth-order valence-corrected chi connectivity index (χ4v) is 3.54. The SMILES string of the molecule is Cc1ccc(Nc2ccc3ncc(-c4ccc(CO)s4)n3n2)cc1C. The molecule has 0 unspecified atom stereocenters. The Morgan fingerprint density at radius 2 is 1.96 bits per heavy atom. The fourth-order valence-electron chi connectivity index (χ4n) is 2.68. The molecule has 0 amide bonds. The lowest BCUT2D eigenvalue weighted by atomic mass is 10.1. The minimum atomic E-state index is 0.0500. The summed E-state index contributed by atoms with van der Waals surface area (Å²) in [6.07, 6.45) is 1.81. The lowest BCUT2D eigenvalue weighted by Gasteiger charge is -2.08. The van der Waals surface area contributed by atoms with Gasteiger partial charge >= 0.3 is 0 Å². The molecular weight excluding hydrogens is 332 g/mol. The summed E-state index contributed by atoms with van der Waals surface area (Å²) in [5.41, 5.74) is 5.23. The number of fused-ring (bicyclic) bond motifs is 1. The molecule has 0 aliphatic carbocycles. The summed E-state index contributed by atoms with van der Waals surface area (Å²) in [5.74, 6) is 0.758. The molecule has 0 fully saturated rings. The normalized spacial score (nSPS) is 11.2. The summed E-state index contributed by atoms with van der Waals surface area (Å²) in [5, 5.41) is 17.3. The maximum absolute atomic E-state index is 9.27. The molecule has 1 aromatic carbocycles. The van der Waals surface area contributed by atoms with Crippen LogP contribution >= 0.6 is 11.3 Å². The molecule has 0 aliphatic rings. The van der Waals surface area contributed by atoms with Crippen LogP contribution in [0.25, 0.3) is 16.2 Å². The molecule has 0 radical (unpaired) electrons. The largest absolute Gasteiger partial charge is 0.391 e. The van der Waals surface area contributed by atoms with Gasteiger partial charge in [0.05, 0.1) is 17.7 Å². The Labute approximate surface area is 149 Å². The summed E-state index contributed by atoms with van der Waals surface area (Å²) < 4.78 is 1.83. The number of aromatic nitrogens is 3. The number of hydrogen-bond acceptors (Lipinski definition) is 5. The lowest BCUT2D eigenvalue weighted by molar-refractivity contribution is 0.285. The van der Waals surface area contributed by atoms with E-state index in [0.717, 1.165) is 32.6 Å². The Morgan fingerprint density at radius 3 is 2.72 bits per heavy atom. The molecule has 0 bridgehead atoms. The number of rotatable bonds is 4. The highest BCUT2D eigenvalue weighted by molar-refractivity contribution is 7.15. The van der Waals surface area contributed by atoms with Crippen molar-refractivity contribution in [2.24, 2.45) is 0 Å². The molecule has 0 saturated heterocycles. The van der Waals surface area contributed by atoms with Gasteiger partial charge in [0.2, 0.25) is 0 Å². The first-order chi connectivity index (χ1) is 12.1. The summed E-state index contributed by atoms with van der Waals surface area (Å²) in [6.45, 7) is 4.25. The maximum atomic E-state index is 9.27. The van der Waals surface area contributed by atoms with Crippen molar-refractivity contribution >= 4 is 28.5 Å². The van der Waals surface area contributed by atoms with E-state index < -0.39 is 0 Å². The molecule has 0 aliphatic heterocycles. The van der Waals surface area contributed by atoms with Gasteiger partial charge in [-0.25, -0.2) is 9.50 Å². The number of anilines is 2. The highest BCUT2D eigenvalue weighted by Crippen LogP contribution is 2.29. The predicted molar refractivity (Wildman–Crippen MR) is 101 cm³/mol. The second-order valence-corrected chi connectivity index (χ2v) is 7.15. The number of thiophene rings is 1. The number of aryl methyl sites for hydroxylation is 2. The average Bonchev–Trinajstić information content (AvgIpc) is 3.24. The Kier molecular flexibility index (Phi) is 3.99. The van der Waals surface area contributed by atoms with E-state index in [-0.39, 0.29) is 6.61 Å². The quantitative estimate of drug-likeness (QED) is 0.576. The average molecular weight is 350 g/mol. The standard InChI is InChI=1S/C19H18N4OS/c1-12-3-4-14(9-13(12)2)21-18-7-8-19-20-10-16(23(19)22-18)17-6-5-15(11-24)25-17/h3-10,24H,11H2,1-2H3,(H,21,22). The van der Waals surface area contributed by atoms with Crippen LogP contribution in [0.1, 0.15) is 16.0 Å². The topological polar surface area (TPSA) is 62.5 Å². The molecule has 0 saturated carbocycles. The molecule has 3 aromatic heterocycles. The molecule has 4 aromatic rings. The van der Waals surface area contributed by atoms with Crippen LogP contribution in [0.2, 0.25) is 0 Å². The zero-order valence-corrected chi connectivity index (χ0v) is 14.8. The van der Waals surface area contributed by atoms with Crippen molar-refractivity contribution in [3.8, 4) is 10.6 Å². The lowest BCUT2D eigenvalue weighted by Crippen LogP contribution is -2.00. The molecule has 25 heavy (non-hydrogen) atoms. The van der Waals surface area contributed by atoms with Crippen LogP contribution in [-0.4, -0.2) is 19.7 Å². The first-order valence-electron chi connectivity index (χ1n) is 8.03. The molecule has 4 rings (SSSR count). The number of nitrogens with zero attached hydrogens (tertiary/aromatic N) is 3. The smallest absolute Gasteiger partial charge is 0.154 e. The van der Waals surface area contributed by atoms with E-state index in [1.54, 1.807) is 11.3 Å². The molecule has 0 atom stereocenters. The van der Waals surface area contributed by atoms with Crippen LogP contribution in [-0.2, 0) is 6.61 Å². The van der Waals surface area contributed by atoms with Gasteiger partial charge in [-0.2, -0.15) is 0 Å². The van der Waals surface area contributed by atoms with Gasteiger partial charge < -0.3 is 10.4 Å². The van der Waals surface area contributed by atoms with Crippen LogP contribution in [0.15, 0.2) is 48.7 Å². The summed E-state index contributed by atoms with van der Waals surface area (Å²) in [4.78, 5) is 6.38. The van der Waals surface area contributed by atoms with Crippen molar-refractivity contribution in [3.63, 3.8) is 0 Å². The number of imidazole rings is 1. The second-order valence-electron chi connectivity index (χ2n) is 5.98. The van der Waals surface area contributed by atoms with Gasteiger partial charge in [0.15, 0.2) is 11.5 Å². The van der Waals surface area contributed by atoms with E-state index in [2.05, 4.69) is 47.4 Å². The minimum Gasteiger partial charge on any atom is -0.391 e. The van der Waals surface area contributed by atoms with E-state index in [1.165, 1.54) is 11.1 Å². The summed E-state index contributed by atoms with van der Waals surface area (Å²) in [6, 6.07) is 14.1. The van der Waals surface area contributed by atoms with E-state index in [1.807, 2.05) is 35.0 Å². The Bertz CT molecular complexity index is 1050. The third kappa shape index (κ3) is 3.01. The first-order valence-corrected chi connectivity index (χ1v) is 8.85. The molecule has 5 nitrogen and oxygen atoms in total. The van der Waals surface area contributed by atoms with Gasteiger partial charge in [0.1, 0.15) is 5.69 Å². The van der Waals surface area contributed by atoms with Gasteiger partial charge in [0, 0.05) is 10.6 Å². The van der Waals surface area contributed by atoms with Crippen molar-refractivity contribution < 1.29 is 5.11 Å². The van der Waals surface area contributed by atoms with Crippen molar-refractivity contribution in [1.82, 2.24) is 14.6 Å². The van der Waals surface area contributed by atoms with Crippen molar-refractivity contribution in [1.29, 1.82) is 0 Å². The molecular formula is C19H18N4OS. The zero-order chi connectivity index (χ0) is 17.4. The molecule has 2 N–H and O–H groups in total. The fraction of sp³-hybridized carbons (Fsp3) is 0.158. The van der Waals surface area contributed by atoms with Gasteiger partial charge in [-0.1, -0.05) is 6.07 Å². The molecule has 3 heterocycles. The van der Waals surface area contributed by atoms with Crippen LogP contribution in [0.5, 0.6) is 0 Å². The predicted octanol–water partition coefficient (Wildman–Crippen LogP) is 4.31. The number of benzene rings is 1. The van der Waals surface area contributed by atoms with Crippen LogP contribution in [0.3, 0.4) is 0 Å². The monoisotopic (exact) mass is 350 g/mol. The summed E-state index contributed by atoms with van der Waals surface area (Å²) in [7, 11) is 0. The van der Waals surface area contributed by atoms with Crippen LogP contribution < -0.4 is 5.32 Å². The zero-order valence-electron chi connectivity index (χ0n) is 14.0. The molecule has 0 spiro atoms. The van der Waals surface area contributed by atoms with Gasteiger partial charge in [-0.15, -0.1) is 16.4 Å². The number of aliphatic hydroxyl groups excluding tert-OH is 1. The highest BCUT2D eigenvalue weighted by atomic mass is 32.1. The first kappa shape index (κ1) is 15.8. The molecule has 126 valence electrons. The van der Waals surface area contributed by atoms with Gasteiger partial charge in [-0.05, 0) is 61.4 Å².